The predicted molar refractivity (Wildman–Crippen MR) is 90.1 cm³/mol. The van der Waals surface area contributed by atoms with Crippen molar-refractivity contribution in [2.24, 2.45) is 0 Å². The Hall–Kier alpha value is -1.04. The third-order valence-corrected chi connectivity index (χ3v) is 6.21. The van der Waals surface area contributed by atoms with Crippen molar-refractivity contribution >= 4 is 29.9 Å². The van der Waals surface area contributed by atoms with Gasteiger partial charge >= 0.3 is 134 Å². The molecule has 0 aliphatic rings. The van der Waals surface area contributed by atoms with E-state index in [4.69, 9.17) is 0 Å². The molecule has 0 radical (unpaired) electrons. The van der Waals surface area contributed by atoms with Crippen LogP contribution in [0, 0.1) is 0 Å². The molecule has 0 amide bonds. The normalized spacial score (nSPS) is 11.4. The Morgan fingerprint density at radius 3 is 1.40 bits per heavy atom. The average molecular weight is 392 g/mol. The van der Waals surface area contributed by atoms with Gasteiger partial charge < -0.3 is 0 Å². The summed E-state index contributed by atoms with van der Waals surface area (Å²) in [5.41, 5.74) is 2.88. The van der Waals surface area contributed by atoms with Crippen LogP contribution in [0.4, 0.5) is 0 Å². The van der Waals surface area contributed by atoms with Gasteiger partial charge in [-0.2, -0.15) is 0 Å². The zero-order chi connectivity index (χ0) is 13.9. The van der Waals surface area contributed by atoms with Gasteiger partial charge in [-0.3, -0.25) is 0 Å². The van der Waals surface area contributed by atoms with Crippen molar-refractivity contribution in [3.05, 3.63) is 93.9 Å². The van der Waals surface area contributed by atoms with Crippen molar-refractivity contribution in [1.82, 2.24) is 0 Å². The SMILES string of the molecule is C(/C=C\[Se]Cc1ccccc1)=C/[Se]Cc1ccccc1. The summed E-state index contributed by atoms with van der Waals surface area (Å²) in [7, 11) is 0. The third-order valence-electron chi connectivity index (χ3n) is 2.65. The molecule has 2 rings (SSSR count). The fraction of sp³-hybridized carbons (Fsp3) is 0.111. The fourth-order valence-electron chi connectivity index (χ4n) is 1.64. The molecule has 102 valence electrons. The second-order valence-electron chi connectivity index (χ2n) is 4.25. The minimum atomic E-state index is 0.568. The topological polar surface area (TPSA) is 0 Å². The summed E-state index contributed by atoms with van der Waals surface area (Å²) in [4.78, 5) is 4.63. The van der Waals surface area contributed by atoms with Crippen molar-refractivity contribution < 1.29 is 0 Å². The number of hydrogen-bond donors (Lipinski definition) is 0. The van der Waals surface area contributed by atoms with Crippen molar-refractivity contribution in [1.29, 1.82) is 0 Å². The second-order valence-corrected chi connectivity index (χ2v) is 8.00. The second kappa shape index (κ2) is 9.80. The molecule has 0 N–H and O–H groups in total. The summed E-state index contributed by atoms with van der Waals surface area (Å²) in [6, 6.07) is 21.4. The first-order valence-corrected chi connectivity index (χ1v) is 11.0. The van der Waals surface area contributed by atoms with Gasteiger partial charge in [0.2, 0.25) is 0 Å². The quantitative estimate of drug-likeness (QED) is 0.497. The molecule has 0 atom stereocenters. The van der Waals surface area contributed by atoms with E-state index in [9.17, 15) is 0 Å². The summed E-state index contributed by atoms with van der Waals surface area (Å²) in [5, 5.41) is 2.38. The van der Waals surface area contributed by atoms with Gasteiger partial charge in [-0.1, -0.05) is 0 Å². The number of rotatable bonds is 7. The van der Waals surface area contributed by atoms with Crippen LogP contribution >= 0.6 is 0 Å². The van der Waals surface area contributed by atoms with Crippen molar-refractivity contribution in [3.63, 3.8) is 0 Å². The Morgan fingerprint density at radius 2 is 1.00 bits per heavy atom. The standard InChI is InChI=1S/C18H18Se2/c1-3-9-17(10-4-1)15-19-13-7-8-14-20-16-18-11-5-2-6-12-18/h1-14H,15-16H2/b13-7-,14-8-. The molecule has 0 aliphatic heterocycles. The van der Waals surface area contributed by atoms with E-state index < -0.39 is 0 Å². The molecule has 0 saturated heterocycles. The zero-order valence-electron chi connectivity index (χ0n) is 11.3. The monoisotopic (exact) mass is 394 g/mol. The van der Waals surface area contributed by atoms with Crippen LogP contribution < -0.4 is 0 Å². The Kier molecular flexibility index (Phi) is 7.52. The minimum absolute atomic E-state index is 0.568. The Labute approximate surface area is 134 Å². The van der Waals surface area contributed by atoms with Crippen LogP contribution in [0.5, 0.6) is 0 Å². The van der Waals surface area contributed by atoms with E-state index in [0.29, 0.717) is 29.9 Å². The third kappa shape index (κ3) is 6.41. The Bertz CT molecular complexity index is 478. The van der Waals surface area contributed by atoms with E-state index in [0.717, 1.165) is 0 Å². The van der Waals surface area contributed by atoms with Crippen molar-refractivity contribution in [3.8, 4) is 0 Å². The van der Waals surface area contributed by atoms with Crippen LogP contribution in [-0.2, 0) is 10.6 Å². The summed E-state index contributed by atoms with van der Waals surface area (Å²) in [6.07, 6.45) is 4.41. The molecule has 0 unspecified atom stereocenters. The van der Waals surface area contributed by atoms with Gasteiger partial charge in [0.25, 0.3) is 0 Å². The van der Waals surface area contributed by atoms with Crippen LogP contribution in [-0.4, -0.2) is 29.9 Å². The molecule has 0 heterocycles. The molecule has 2 aromatic rings. The van der Waals surface area contributed by atoms with Crippen LogP contribution in [0.15, 0.2) is 82.8 Å². The molecule has 0 nitrogen and oxygen atoms in total. The summed E-state index contributed by atoms with van der Waals surface area (Å²) in [5.74, 6) is 0. The Balaban J connectivity index is 1.60. The van der Waals surface area contributed by atoms with E-state index in [2.05, 4.69) is 82.8 Å². The predicted octanol–water partition coefficient (Wildman–Crippen LogP) is 3.82. The molecule has 0 saturated carbocycles. The van der Waals surface area contributed by atoms with Gasteiger partial charge in [0.05, 0.1) is 0 Å². The first-order chi connectivity index (χ1) is 9.95. The zero-order valence-corrected chi connectivity index (χ0v) is 14.7. The maximum atomic E-state index is 2.31. The first kappa shape index (κ1) is 15.3. The van der Waals surface area contributed by atoms with Crippen molar-refractivity contribution in [2.45, 2.75) is 10.6 Å². The molecule has 20 heavy (non-hydrogen) atoms. The van der Waals surface area contributed by atoms with Gasteiger partial charge in [-0.15, -0.1) is 0 Å². The number of benzene rings is 2. The van der Waals surface area contributed by atoms with Gasteiger partial charge in [-0.25, -0.2) is 0 Å². The molecule has 2 heteroatoms. The molecule has 0 spiro atoms. The van der Waals surface area contributed by atoms with Gasteiger partial charge in [0.1, 0.15) is 0 Å². The molecule has 0 aliphatic carbocycles. The number of allylic oxidation sites excluding steroid dienone is 2. The fourth-order valence-corrected chi connectivity index (χ4v) is 4.50. The molecular weight excluding hydrogens is 374 g/mol. The molecule has 0 bridgehead atoms. The van der Waals surface area contributed by atoms with E-state index in [1.54, 1.807) is 0 Å². The average Bonchev–Trinajstić information content (AvgIpc) is 2.52. The van der Waals surface area contributed by atoms with Gasteiger partial charge in [0.15, 0.2) is 0 Å². The van der Waals surface area contributed by atoms with Crippen molar-refractivity contribution in [2.75, 3.05) is 0 Å². The molecule has 0 fully saturated rings. The van der Waals surface area contributed by atoms with E-state index in [1.165, 1.54) is 21.8 Å². The van der Waals surface area contributed by atoms with Crippen LogP contribution in [0.1, 0.15) is 11.1 Å². The van der Waals surface area contributed by atoms with E-state index in [1.807, 2.05) is 0 Å². The van der Waals surface area contributed by atoms with Gasteiger partial charge in [-0.05, 0) is 0 Å². The first-order valence-electron chi connectivity index (χ1n) is 6.58. The van der Waals surface area contributed by atoms with E-state index in [-0.39, 0.29) is 0 Å². The molecule has 2 aromatic carbocycles. The number of hydrogen-bond acceptors (Lipinski definition) is 0. The Morgan fingerprint density at radius 1 is 0.600 bits per heavy atom. The summed E-state index contributed by atoms with van der Waals surface area (Å²) >= 11 is 1.14. The van der Waals surface area contributed by atoms with Crippen LogP contribution in [0.25, 0.3) is 0 Å². The van der Waals surface area contributed by atoms with Crippen LogP contribution in [0.2, 0.25) is 0 Å². The maximum absolute atomic E-state index is 2.31. The summed E-state index contributed by atoms with van der Waals surface area (Å²) in [6.45, 7) is 0. The van der Waals surface area contributed by atoms with Gasteiger partial charge in [0, 0.05) is 0 Å². The summed E-state index contributed by atoms with van der Waals surface area (Å²) < 4.78 is 0. The van der Waals surface area contributed by atoms with Crippen LogP contribution in [0.3, 0.4) is 0 Å². The van der Waals surface area contributed by atoms with E-state index >= 15 is 0 Å². The molecular formula is C18H18Se2. The molecule has 0 aromatic heterocycles.